The molecule has 2 atom stereocenters. The van der Waals surface area contributed by atoms with Gasteiger partial charge in [-0.3, -0.25) is 0 Å². The van der Waals surface area contributed by atoms with Crippen molar-refractivity contribution in [2.45, 2.75) is 31.8 Å². The first-order valence-electron chi connectivity index (χ1n) is 10.5. The lowest BCUT2D eigenvalue weighted by Gasteiger charge is -2.26. The van der Waals surface area contributed by atoms with Crippen molar-refractivity contribution in [1.29, 1.82) is 5.41 Å². The van der Waals surface area contributed by atoms with Gasteiger partial charge in [-0.25, -0.2) is 0 Å². The molecule has 29 heavy (non-hydrogen) atoms. The van der Waals surface area contributed by atoms with Crippen LogP contribution in [0.3, 0.4) is 0 Å². The van der Waals surface area contributed by atoms with E-state index in [-0.39, 0.29) is 12.0 Å². The summed E-state index contributed by atoms with van der Waals surface area (Å²) < 4.78 is 0. The summed E-state index contributed by atoms with van der Waals surface area (Å²) in [6, 6.07) is 4.94. The lowest BCUT2D eigenvalue weighted by Crippen LogP contribution is -2.38. The summed E-state index contributed by atoms with van der Waals surface area (Å²) in [6.45, 7) is 8.91. The Morgan fingerprint density at radius 3 is 2.76 bits per heavy atom. The van der Waals surface area contributed by atoms with Gasteiger partial charge in [-0.05, 0) is 61.0 Å². The first-order chi connectivity index (χ1) is 14.2. The molecule has 154 valence electrons. The number of hydrogen-bond donors (Lipinski definition) is 5. The molecule has 1 aliphatic carbocycles. The summed E-state index contributed by atoms with van der Waals surface area (Å²) in [5.74, 6) is 0.0448. The molecule has 0 spiro atoms. The van der Waals surface area contributed by atoms with E-state index in [2.05, 4.69) is 59.8 Å². The molecule has 0 saturated carbocycles. The quantitative estimate of drug-likeness (QED) is 0.458. The van der Waals surface area contributed by atoms with Crippen molar-refractivity contribution in [3.63, 3.8) is 0 Å². The van der Waals surface area contributed by atoms with Crippen LogP contribution >= 0.6 is 0 Å². The average molecular weight is 392 g/mol. The molecule has 0 radical (unpaired) electrons. The molecule has 2 unspecified atom stereocenters. The molecule has 0 bridgehead atoms. The van der Waals surface area contributed by atoms with Gasteiger partial charge >= 0.3 is 0 Å². The molecule has 1 saturated heterocycles. The Balaban J connectivity index is 2.03. The number of hydrogen-bond acceptors (Lipinski definition) is 5. The molecule has 5 nitrogen and oxygen atoms in total. The van der Waals surface area contributed by atoms with Crippen LogP contribution in [0.1, 0.15) is 25.3 Å². The predicted octanol–water partition coefficient (Wildman–Crippen LogP) is 1.71. The number of likely N-dealkylation sites (N-methyl/N-ethyl adjacent to an activating group) is 1. The third-order valence-electron chi connectivity index (χ3n) is 5.61. The number of benzene rings is 1. The zero-order chi connectivity index (χ0) is 20.6. The first-order valence-corrected chi connectivity index (χ1v) is 10.5. The number of allylic oxidation sites excluding steroid dienone is 3. The number of anilines is 1. The van der Waals surface area contributed by atoms with Crippen LogP contribution in [0.4, 0.5) is 5.69 Å². The summed E-state index contributed by atoms with van der Waals surface area (Å²) in [6.07, 6.45) is 15.7. The maximum Gasteiger partial charge on any atom is 0.0442 e. The van der Waals surface area contributed by atoms with Crippen molar-refractivity contribution in [2.24, 2.45) is 11.7 Å². The van der Waals surface area contributed by atoms with E-state index in [1.165, 1.54) is 6.21 Å². The van der Waals surface area contributed by atoms with Gasteiger partial charge in [-0.1, -0.05) is 43.9 Å². The lowest BCUT2D eigenvalue weighted by molar-refractivity contribution is 0.479. The molecule has 1 aromatic carbocycles. The van der Waals surface area contributed by atoms with Gasteiger partial charge in [0.05, 0.1) is 0 Å². The van der Waals surface area contributed by atoms with E-state index in [9.17, 15) is 0 Å². The Morgan fingerprint density at radius 1 is 1.31 bits per heavy atom. The highest BCUT2D eigenvalue weighted by atomic mass is 15.0. The van der Waals surface area contributed by atoms with Gasteiger partial charge in [0.1, 0.15) is 0 Å². The van der Waals surface area contributed by atoms with E-state index >= 15 is 0 Å². The normalized spacial score (nSPS) is 23.7. The van der Waals surface area contributed by atoms with E-state index < -0.39 is 0 Å². The first kappa shape index (κ1) is 21.1. The maximum absolute atomic E-state index is 7.84. The SMILES string of the molecule is C=C/C=c1/cc(C2=CC(C=N)C(NCC)C=C2)cc(NC2CCNCC2)/c1=C/N. The second kappa shape index (κ2) is 10.2. The van der Waals surface area contributed by atoms with E-state index in [0.717, 1.165) is 59.7 Å². The molecule has 1 fully saturated rings. The summed E-state index contributed by atoms with van der Waals surface area (Å²) in [5.41, 5.74) is 9.32. The smallest absolute Gasteiger partial charge is 0.0442 e. The van der Waals surface area contributed by atoms with Crippen molar-refractivity contribution in [3.05, 3.63) is 59.0 Å². The van der Waals surface area contributed by atoms with Gasteiger partial charge < -0.3 is 27.1 Å². The second-order valence-electron chi connectivity index (χ2n) is 7.57. The molecular formula is C24H33N5. The van der Waals surface area contributed by atoms with Crippen LogP contribution in [0, 0.1) is 11.3 Å². The third-order valence-corrected chi connectivity index (χ3v) is 5.61. The highest BCUT2D eigenvalue weighted by molar-refractivity contribution is 5.81. The number of rotatable bonds is 7. The van der Waals surface area contributed by atoms with Crippen LogP contribution in [-0.2, 0) is 0 Å². The standard InChI is InChI=1S/C24H33N5/c1-3-5-18-13-19(17-6-7-23(28-4-2)20(12-17)15-25)14-24(22(18)16-26)29-21-8-10-27-11-9-21/h3,5-7,12-16,20-21,23,25,27-29H,1,4,8-11,26H2,2H3/b18-5-,22-16+,25-15?. The van der Waals surface area contributed by atoms with E-state index in [1.807, 2.05) is 6.08 Å². The molecule has 2 aliphatic rings. The molecule has 1 heterocycles. The minimum absolute atomic E-state index is 0.0448. The van der Waals surface area contributed by atoms with Gasteiger partial charge in [0.15, 0.2) is 0 Å². The second-order valence-corrected chi connectivity index (χ2v) is 7.57. The minimum Gasteiger partial charge on any atom is -0.404 e. The van der Waals surface area contributed by atoms with Gasteiger partial charge in [0.25, 0.3) is 0 Å². The Morgan fingerprint density at radius 2 is 2.10 bits per heavy atom. The van der Waals surface area contributed by atoms with E-state index in [0.29, 0.717) is 6.04 Å². The van der Waals surface area contributed by atoms with Crippen LogP contribution in [0.5, 0.6) is 0 Å². The highest BCUT2D eigenvalue weighted by Crippen LogP contribution is 2.25. The molecule has 1 aromatic rings. The third kappa shape index (κ3) is 5.05. The molecule has 1 aliphatic heterocycles. The molecule has 0 amide bonds. The zero-order valence-electron chi connectivity index (χ0n) is 17.2. The van der Waals surface area contributed by atoms with Crippen LogP contribution < -0.4 is 32.1 Å². The number of nitrogens with one attached hydrogen (secondary N) is 4. The van der Waals surface area contributed by atoms with Crippen molar-refractivity contribution in [3.8, 4) is 0 Å². The Labute approximate surface area is 173 Å². The minimum atomic E-state index is 0.0448. The van der Waals surface area contributed by atoms with E-state index in [4.69, 9.17) is 11.1 Å². The molecule has 0 aromatic heterocycles. The number of nitrogens with two attached hydrogens (primary N) is 1. The fourth-order valence-electron chi connectivity index (χ4n) is 4.09. The summed E-state index contributed by atoms with van der Waals surface area (Å²) in [5, 5.41) is 20.5. The maximum atomic E-state index is 7.84. The Kier molecular flexibility index (Phi) is 7.44. The highest BCUT2D eigenvalue weighted by Gasteiger charge is 2.19. The van der Waals surface area contributed by atoms with Gasteiger partial charge in [-0.15, -0.1) is 0 Å². The largest absolute Gasteiger partial charge is 0.404 e. The topological polar surface area (TPSA) is 86.0 Å². The van der Waals surface area contributed by atoms with E-state index in [1.54, 1.807) is 12.3 Å². The van der Waals surface area contributed by atoms with Gasteiger partial charge in [0.2, 0.25) is 0 Å². The molecule has 3 rings (SSSR count). The fraction of sp³-hybridized carbons (Fsp3) is 0.375. The van der Waals surface area contributed by atoms with Crippen molar-refractivity contribution < 1.29 is 0 Å². The van der Waals surface area contributed by atoms with Crippen LogP contribution in [-0.4, -0.2) is 37.9 Å². The monoisotopic (exact) mass is 391 g/mol. The Hall–Kier alpha value is -2.63. The Bertz CT molecular complexity index is 906. The lowest BCUT2D eigenvalue weighted by atomic mass is 9.88. The summed E-state index contributed by atoms with van der Waals surface area (Å²) >= 11 is 0. The number of piperidine rings is 1. The predicted molar refractivity (Wildman–Crippen MR) is 125 cm³/mol. The molecule has 6 N–H and O–H groups in total. The van der Waals surface area contributed by atoms with Crippen LogP contribution in [0.15, 0.2) is 43.0 Å². The van der Waals surface area contributed by atoms with Gasteiger partial charge in [-0.2, -0.15) is 0 Å². The summed E-state index contributed by atoms with van der Waals surface area (Å²) in [4.78, 5) is 0. The summed E-state index contributed by atoms with van der Waals surface area (Å²) in [7, 11) is 0. The molecule has 5 heteroatoms. The fourth-order valence-corrected chi connectivity index (χ4v) is 4.09. The zero-order valence-corrected chi connectivity index (χ0v) is 17.2. The van der Waals surface area contributed by atoms with Crippen LogP contribution in [0.25, 0.3) is 17.8 Å². The average Bonchev–Trinajstić information content (AvgIpc) is 2.75. The van der Waals surface area contributed by atoms with Gasteiger partial charge in [0, 0.05) is 41.3 Å². The van der Waals surface area contributed by atoms with Crippen LogP contribution in [0.2, 0.25) is 0 Å². The molecular weight excluding hydrogens is 358 g/mol. The van der Waals surface area contributed by atoms with Crippen molar-refractivity contribution in [1.82, 2.24) is 10.6 Å². The van der Waals surface area contributed by atoms with Crippen molar-refractivity contribution in [2.75, 3.05) is 25.0 Å². The van der Waals surface area contributed by atoms with Crippen molar-refractivity contribution >= 4 is 29.8 Å².